The third kappa shape index (κ3) is 11.3. The lowest BCUT2D eigenvalue weighted by atomic mass is 10.0. The third-order valence-corrected chi connectivity index (χ3v) is 3.19. The lowest BCUT2D eigenvalue weighted by Gasteiger charge is -2.39. The molecule has 0 aromatic carbocycles. The molecule has 1 saturated heterocycles. The van der Waals surface area contributed by atoms with Crippen molar-refractivity contribution in [2.24, 2.45) is 10.8 Å². The number of allylic oxidation sites excluding steroid dienone is 1. The monoisotopic (exact) mass is 363 g/mol. The smallest absolute Gasteiger partial charge is 0.153 e. The zero-order valence-corrected chi connectivity index (χ0v) is 17.1. The molecular weight excluding hydrogens is 322 g/mol. The average molecular weight is 364 g/mol. The van der Waals surface area contributed by atoms with Gasteiger partial charge in [-0.05, 0) is 20.4 Å². The van der Waals surface area contributed by atoms with Gasteiger partial charge in [0.15, 0.2) is 6.23 Å². The molecule has 5 N–H and O–H groups in total. The van der Waals surface area contributed by atoms with Crippen LogP contribution >= 0.6 is 0 Å². The van der Waals surface area contributed by atoms with Crippen LogP contribution in [0.2, 0.25) is 0 Å². The van der Waals surface area contributed by atoms with Crippen LogP contribution in [-0.4, -0.2) is 65.2 Å². The van der Waals surface area contributed by atoms with Gasteiger partial charge in [-0.2, -0.15) is 5.10 Å². The second kappa shape index (κ2) is 19.3. The van der Waals surface area contributed by atoms with Crippen LogP contribution in [0.15, 0.2) is 16.9 Å². The number of nitrogens with two attached hydrogens (primary N) is 1. The number of hydrazone groups is 1. The maximum atomic E-state index is 9.78. The highest BCUT2D eigenvalue weighted by molar-refractivity contribution is 5.23. The van der Waals surface area contributed by atoms with E-state index < -0.39 is 24.5 Å². The van der Waals surface area contributed by atoms with Crippen LogP contribution in [0.25, 0.3) is 0 Å². The van der Waals surface area contributed by atoms with Crippen molar-refractivity contribution in [3.05, 3.63) is 11.8 Å². The van der Waals surface area contributed by atoms with E-state index in [1.54, 1.807) is 0 Å². The Morgan fingerprint density at radius 2 is 1.80 bits per heavy atom. The zero-order chi connectivity index (χ0) is 20.4. The summed E-state index contributed by atoms with van der Waals surface area (Å²) in [7, 11) is 1.50. The van der Waals surface area contributed by atoms with Crippen molar-refractivity contribution in [2.45, 2.75) is 85.3 Å². The fourth-order valence-electron chi connectivity index (χ4n) is 2.15. The Hall–Kier alpha value is -0.990. The molecule has 1 aliphatic heterocycles. The molecule has 7 nitrogen and oxygen atoms in total. The Balaban J connectivity index is -0.000000725. The van der Waals surface area contributed by atoms with Crippen LogP contribution in [0.5, 0.6) is 0 Å². The molecule has 1 heterocycles. The minimum absolute atomic E-state index is 0.215. The van der Waals surface area contributed by atoms with Gasteiger partial charge in [-0.1, -0.05) is 46.6 Å². The molecule has 0 bridgehead atoms. The summed E-state index contributed by atoms with van der Waals surface area (Å²) >= 11 is 0. The average Bonchev–Trinajstić information content (AvgIpc) is 2.67. The molecule has 0 aromatic heterocycles. The number of hydrogen-bond donors (Lipinski definition) is 4. The highest BCUT2D eigenvalue weighted by Crippen LogP contribution is 2.24. The SMILES string of the molecule is C=NN(/C=C(/C)CCC)C1CC(O)C(O)C(CO)O1.CC.CC.CN. The van der Waals surface area contributed by atoms with E-state index in [0.717, 1.165) is 18.4 Å². The summed E-state index contributed by atoms with van der Waals surface area (Å²) in [6, 6.07) is 0. The van der Waals surface area contributed by atoms with E-state index in [9.17, 15) is 10.2 Å². The van der Waals surface area contributed by atoms with Crippen LogP contribution in [-0.2, 0) is 4.74 Å². The maximum absolute atomic E-state index is 9.78. The zero-order valence-electron chi connectivity index (χ0n) is 17.1. The van der Waals surface area contributed by atoms with Gasteiger partial charge in [0.25, 0.3) is 0 Å². The summed E-state index contributed by atoms with van der Waals surface area (Å²) in [6.45, 7) is 15.2. The number of aliphatic hydroxyl groups excluding tert-OH is 3. The van der Waals surface area contributed by atoms with E-state index in [1.807, 2.05) is 40.8 Å². The maximum Gasteiger partial charge on any atom is 0.153 e. The van der Waals surface area contributed by atoms with Crippen molar-refractivity contribution < 1.29 is 20.1 Å². The Morgan fingerprint density at radius 1 is 1.28 bits per heavy atom. The van der Waals surface area contributed by atoms with Crippen LogP contribution < -0.4 is 5.73 Å². The molecule has 1 fully saturated rings. The van der Waals surface area contributed by atoms with E-state index >= 15 is 0 Å². The van der Waals surface area contributed by atoms with Gasteiger partial charge in [0, 0.05) is 19.3 Å². The number of hydrogen-bond acceptors (Lipinski definition) is 7. The van der Waals surface area contributed by atoms with Gasteiger partial charge in [-0.3, -0.25) is 0 Å². The summed E-state index contributed by atoms with van der Waals surface area (Å²) in [5.74, 6) is 0. The lowest BCUT2D eigenvalue weighted by molar-refractivity contribution is -0.210. The van der Waals surface area contributed by atoms with E-state index in [0.29, 0.717) is 0 Å². The standard InChI is InChI=1S/C13H24N2O4.2C2H6.CH5N/c1-4-5-9(2)7-15(14-3)12-6-10(17)13(18)11(8-16)19-12;3*1-2/h7,10-13,16-18H,3-6,8H2,1-2H3;2*1-2H3;2H2,1H3/b9-7-;;;. The van der Waals surface area contributed by atoms with Crippen LogP contribution in [0.4, 0.5) is 0 Å². The van der Waals surface area contributed by atoms with E-state index in [1.165, 1.54) is 12.1 Å². The third-order valence-electron chi connectivity index (χ3n) is 3.19. The quantitative estimate of drug-likeness (QED) is 0.424. The van der Waals surface area contributed by atoms with E-state index in [2.05, 4.69) is 24.5 Å². The molecule has 0 amide bonds. The topological polar surface area (TPSA) is 112 Å². The summed E-state index contributed by atoms with van der Waals surface area (Å²) in [5, 5.41) is 34.0. The highest BCUT2D eigenvalue weighted by atomic mass is 16.5. The minimum Gasteiger partial charge on any atom is -0.394 e. The normalized spacial score (nSPS) is 25.2. The fourth-order valence-corrected chi connectivity index (χ4v) is 2.15. The summed E-state index contributed by atoms with van der Waals surface area (Å²) in [6.07, 6.45) is 0.644. The summed E-state index contributed by atoms with van der Waals surface area (Å²) < 4.78 is 5.54. The lowest BCUT2D eigenvalue weighted by Crippen LogP contribution is -2.53. The molecule has 0 saturated carbocycles. The molecule has 7 heteroatoms. The Morgan fingerprint density at radius 3 is 2.20 bits per heavy atom. The molecule has 4 unspecified atom stereocenters. The molecule has 1 rings (SSSR count). The summed E-state index contributed by atoms with van der Waals surface area (Å²) in [4.78, 5) is 0. The minimum atomic E-state index is -1.08. The molecule has 0 spiro atoms. The van der Waals surface area contributed by atoms with Crippen LogP contribution in [0, 0.1) is 0 Å². The Bertz CT molecular complexity index is 327. The first kappa shape index (κ1) is 28.8. The Kier molecular flexibility index (Phi) is 22.3. The van der Waals surface area contributed by atoms with Crippen molar-refractivity contribution in [3.8, 4) is 0 Å². The largest absolute Gasteiger partial charge is 0.394 e. The second-order valence-corrected chi connectivity index (χ2v) is 4.85. The molecule has 0 aliphatic carbocycles. The second-order valence-electron chi connectivity index (χ2n) is 4.85. The molecule has 152 valence electrons. The highest BCUT2D eigenvalue weighted by Gasteiger charge is 2.38. The van der Waals surface area contributed by atoms with Gasteiger partial charge in [-0.15, -0.1) is 0 Å². The van der Waals surface area contributed by atoms with Crippen molar-refractivity contribution in [1.82, 2.24) is 5.01 Å². The van der Waals surface area contributed by atoms with Crippen LogP contribution in [0.3, 0.4) is 0 Å². The van der Waals surface area contributed by atoms with Gasteiger partial charge in [0.1, 0.15) is 12.2 Å². The first-order valence-corrected chi connectivity index (χ1v) is 9.15. The molecule has 1 aliphatic rings. The predicted octanol–water partition coefficient (Wildman–Crippen LogP) is 2.06. The first-order chi connectivity index (χ1) is 12.0. The number of aliphatic hydroxyl groups is 3. The van der Waals surface area contributed by atoms with Crippen molar-refractivity contribution >= 4 is 6.72 Å². The van der Waals surface area contributed by atoms with Crippen LogP contribution in [0.1, 0.15) is 60.8 Å². The predicted molar refractivity (Wildman–Crippen MR) is 105 cm³/mol. The fraction of sp³-hybridized carbons (Fsp3) is 0.833. The van der Waals surface area contributed by atoms with Crippen molar-refractivity contribution in [3.63, 3.8) is 0 Å². The van der Waals surface area contributed by atoms with Gasteiger partial charge >= 0.3 is 0 Å². The van der Waals surface area contributed by atoms with E-state index in [-0.39, 0.29) is 13.0 Å². The van der Waals surface area contributed by atoms with Gasteiger partial charge in [0.2, 0.25) is 0 Å². The van der Waals surface area contributed by atoms with Gasteiger partial charge in [-0.25, -0.2) is 5.01 Å². The Labute approximate surface area is 154 Å². The summed E-state index contributed by atoms with van der Waals surface area (Å²) in [5.41, 5.74) is 5.62. The van der Waals surface area contributed by atoms with E-state index in [4.69, 9.17) is 9.84 Å². The van der Waals surface area contributed by atoms with Gasteiger partial charge in [0.05, 0.1) is 12.7 Å². The van der Waals surface area contributed by atoms with Crippen molar-refractivity contribution in [2.75, 3.05) is 13.7 Å². The molecule has 25 heavy (non-hydrogen) atoms. The first-order valence-electron chi connectivity index (χ1n) is 9.15. The van der Waals surface area contributed by atoms with Gasteiger partial charge < -0.3 is 25.8 Å². The molecule has 4 atom stereocenters. The number of rotatable bonds is 6. The molecule has 0 radical (unpaired) electrons. The number of ether oxygens (including phenoxy) is 1. The molecular formula is C18H41N3O4. The number of nitrogens with zero attached hydrogens (tertiary/aromatic N) is 2. The van der Waals surface area contributed by atoms with Crippen molar-refractivity contribution in [1.29, 1.82) is 0 Å². The molecule has 0 aromatic rings.